The van der Waals surface area contributed by atoms with Gasteiger partial charge in [-0.1, -0.05) is 91.0 Å². The highest BCUT2D eigenvalue weighted by molar-refractivity contribution is 6.28. The summed E-state index contributed by atoms with van der Waals surface area (Å²) < 4.78 is 2.49. The summed E-state index contributed by atoms with van der Waals surface area (Å²) in [4.78, 5) is 3.74. The van der Waals surface area contributed by atoms with E-state index in [0.717, 1.165) is 0 Å². The number of rotatable bonds is 1. The monoisotopic (exact) mass is 406 g/mol. The highest BCUT2D eigenvalue weighted by atomic mass is 14.9. The number of hydrogen-bond acceptors (Lipinski definition) is 0. The molecule has 0 atom stereocenters. The maximum absolute atomic E-state index is 3.74. The number of benzene rings is 5. The largest absolute Gasteiger partial charge is 0.353 e. The molecule has 1 N–H and O–H groups in total. The molecule has 0 spiro atoms. The Morgan fingerprint density at radius 2 is 1.16 bits per heavy atom. The van der Waals surface area contributed by atoms with Crippen LogP contribution in [0.4, 0.5) is 0 Å². The van der Waals surface area contributed by atoms with Crippen molar-refractivity contribution in [2.24, 2.45) is 0 Å². The van der Waals surface area contributed by atoms with E-state index in [-0.39, 0.29) is 0 Å². The number of hydrogen-bond donors (Lipinski definition) is 1. The molecule has 2 heteroatoms. The quantitative estimate of drug-likeness (QED) is 0.284. The van der Waals surface area contributed by atoms with Gasteiger partial charge in [0.05, 0.1) is 22.1 Å². The Kier molecular flexibility index (Phi) is 2.91. The summed E-state index contributed by atoms with van der Waals surface area (Å²) in [5.74, 6) is 0. The number of aromatic nitrogens is 2. The van der Waals surface area contributed by atoms with Crippen LogP contribution in [0, 0.1) is 0 Å². The molecule has 148 valence electrons. The van der Waals surface area contributed by atoms with Gasteiger partial charge in [-0.05, 0) is 23.3 Å². The van der Waals surface area contributed by atoms with E-state index < -0.39 is 0 Å². The summed E-state index contributed by atoms with van der Waals surface area (Å²) in [6.07, 6.45) is 0. The number of H-pyrrole nitrogens is 1. The van der Waals surface area contributed by atoms with Gasteiger partial charge in [-0.25, -0.2) is 0 Å². The Bertz CT molecular complexity index is 1970. The van der Waals surface area contributed by atoms with Crippen molar-refractivity contribution in [1.29, 1.82) is 0 Å². The molecule has 0 aliphatic carbocycles. The van der Waals surface area contributed by atoms with E-state index in [1.54, 1.807) is 0 Å². The van der Waals surface area contributed by atoms with Gasteiger partial charge in [0.2, 0.25) is 0 Å². The van der Waals surface area contributed by atoms with Crippen LogP contribution in [-0.2, 0) is 0 Å². The predicted octanol–water partition coefficient (Wildman–Crippen LogP) is 8.14. The lowest BCUT2D eigenvalue weighted by atomic mass is 10.0. The topological polar surface area (TPSA) is 20.2 Å². The Balaban J connectivity index is 1.64. The van der Waals surface area contributed by atoms with Gasteiger partial charge < -0.3 is 9.38 Å². The molecule has 5 aromatic carbocycles. The third-order valence-electron chi connectivity index (χ3n) is 7.06. The minimum Gasteiger partial charge on any atom is -0.353 e. The van der Waals surface area contributed by atoms with Crippen LogP contribution in [0.3, 0.4) is 0 Å². The maximum Gasteiger partial charge on any atom is 0.0783 e. The summed E-state index contributed by atoms with van der Waals surface area (Å²) >= 11 is 0. The first kappa shape index (κ1) is 16.4. The van der Waals surface area contributed by atoms with Gasteiger partial charge in [0.25, 0.3) is 0 Å². The first-order valence-electron chi connectivity index (χ1n) is 11.1. The van der Waals surface area contributed by atoms with Gasteiger partial charge in [0.1, 0.15) is 0 Å². The molecule has 0 saturated carbocycles. The van der Waals surface area contributed by atoms with Crippen LogP contribution in [-0.4, -0.2) is 9.38 Å². The summed E-state index contributed by atoms with van der Waals surface area (Å²) in [6.45, 7) is 0. The van der Waals surface area contributed by atoms with Gasteiger partial charge in [0.15, 0.2) is 0 Å². The van der Waals surface area contributed by atoms with E-state index in [0.29, 0.717) is 0 Å². The van der Waals surface area contributed by atoms with Crippen molar-refractivity contribution in [1.82, 2.24) is 9.38 Å². The number of aromatic amines is 1. The van der Waals surface area contributed by atoms with E-state index in [9.17, 15) is 0 Å². The molecular weight excluding hydrogens is 388 g/mol. The van der Waals surface area contributed by atoms with Crippen molar-refractivity contribution in [3.63, 3.8) is 0 Å². The molecule has 2 nitrogen and oxygen atoms in total. The molecule has 3 heterocycles. The van der Waals surface area contributed by atoms with Crippen LogP contribution in [0.2, 0.25) is 0 Å². The molecule has 8 rings (SSSR count). The molecule has 0 fully saturated rings. The van der Waals surface area contributed by atoms with Crippen LogP contribution in [0.1, 0.15) is 0 Å². The van der Waals surface area contributed by atoms with Crippen molar-refractivity contribution in [2.45, 2.75) is 0 Å². The molecule has 0 unspecified atom stereocenters. The van der Waals surface area contributed by atoms with Crippen molar-refractivity contribution < 1.29 is 0 Å². The molecule has 0 amide bonds. The SMILES string of the molecule is c1ccc(-c2ccc3c4cccc5c6ccc7c8ccccc8[nH]c7c6n(c3c2)c45)cc1. The number of nitrogens with one attached hydrogen (secondary N) is 1. The molecule has 8 aromatic rings. The van der Waals surface area contributed by atoms with E-state index in [1.165, 1.54) is 71.0 Å². The lowest BCUT2D eigenvalue weighted by Gasteiger charge is -2.04. The Morgan fingerprint density at radius 3 is 2.06 bits per heavy atom. The molecule has 0 bridgehead atoms. The summed E-state index contributed by atoms with van der Waals surface area (Å²) in [5.41, 5.74) is 8.73. The molecule has 0 saturated heterocycles. The normalized spacial score (nSPS) is 12.4. The van der Waals surface area contributed by atoms with E-state index in [1.807, 2.05) is 0 Å². The lowest BCUT2D eigenvalue weighted by Crippen LogP contribution is -1.84. The van der Waals surface area contributed by atoms with Crippen LogP contribution in [0.15, 0.2) is 103 Å². The maximum atomic E-state index is 3.74. The fourth-order valence-electron chi connectivity index (χ4n) is 5.68. The first-order valence-corrected chi connectivity index (χ1v) is 11.1. The average molecular weight is 406 g/mol. The van der Waals surface area contributed by atoms with E-state index >= 15 is 0 Å². The number of nitrogens with zero attached hydrogens (tertiary/aromatic N) is 1. The smallest absolute Gasteiger partial charge is 0.0783 e. The van der Waals surface area contributed by atoms with Crippen LogP contribution in [0.5, 0.6) is 0 Å². The predicted molar refractivity (Wildman–Crippen MR) is 136 cm³/mol. The van der Waals surface area contributed by atoms with Crippen LogP contribution < -0.4 is 0 Å². The molecular formula is C30H18N2. The van der Waals surface area contributed by atoms with Crippen molar-refractivity contribution in [2.75, 3.05) is 0 Å². The van der Waals surface area contributed by atoms with Crippen LogP contribution >= 0.6 is 0 Å². The van der Waals surface area contributed by atoms with Crippen molar-refractivity contribution in [3.05, 3.63) is 103 Å². The van der Waals surface area contributed by atoms with Gasteiger partial charge in [0, 0.05) is 37.8 Å². The highest BCUT2D eigenvalue weighted by Crippen LogP contribution is 2.43. The first-order chi connectivity index (χ1) is 15.9. The Hall–Kier alpha value is -4.30. The third kappa shape index (κ3) is 1.91. The number of fused-ring (bicyclic) bond motifs is 10. The molecule has 0 aliphatic heterocycles. The molecule has 0 aliphatic rings. The fraction of sp³-hybridized carbons (Fsp3) is 0. The Morgan fingerprint density at radius 1 is 0.469 bits per heavy atom. The van der Waals surface area contributed by atoms with Crippen LogP contribution in [0.25, 0.3) is 71.0 Å². The summed E-state index contributed by atoms with van der Waals surface area (Å²) in [6, 6.07) is 37.4. The second-order valence-corrected chi connectivity index (χ2v) is 8.69. The second kappa shape index (κ2) is 5.68. The van der Waals surface area contributed by atoms with E-state index in [2.05, 4.69) is 113 Å². The zero-order valence-electron chi connectivity index (χ0n) is 17.3. The minimum atomic E-state index is 1.18. The number of para-hydroxylation sites is 2. The minimum absolute atomic E-state index is 1.18. The fourth-order valence-corrected chi connectivity index (χ4v) is 5.68. The molecule has 0 radical (unpaired) electrons. The standard InChI is InChI=1S/C30H18N2/c1-2-7-18(8-3-1)19-13-14-21-23-10-6-11-24-25-16-15-22-20-9-4-5-12-26(20)31-28(22)30(25)32(29(23)24)27(21)17-19/h1-17,31H. The summed E-state index contributed by atoms with van der Waals surface area (Å²) in [5, 5.41) is 7.80. The zero-order chi connectivity index (χ0) is 20.8. The van der Waals surface area contributed by atoms with E-state index in [4.69, 9.17) is 0 Å². The second-order valence-electron chi connectivity index (χ2n) is 8.69. The average Bonchev–Trinajstić information content (AvgIpc) is 3.50. The molecule has 32 heavy (non-hydrogen) atoms. The highest BCUT2D eigenvalue weighted by Gasteiger charge is 2.20. The third-order valence-corrected chi connectivity index (χ3v) is 7.06. The van der Waals surface area contributed by atoms with Crippen molar-refractivity contribution in [3.8, 4) is 11.1 Å². The summed E-state index contributed by atoms with van der Waals surface area (Å²) in [7, 11) is 0. The van der Waals surface area contributed by atoms with Gasteiger partial charge >= 0.3 is 0 Å². The van der Waals surface area contributed by atoms with Crippen molar-refractivity contribution >= 4 is 59.9 Å². The van der Waals surface area contributed by atoms with Gasteiger partial charge in [-0.3, -0.25) is 0 Å². The zero-order valence-corrected chi connectivity index (χ0v) is 17.3. The van der Waals surface area contributed by atoms with Gasteiger partial charge in [-0.2, -0.15) is 0 Å². The molecule has 3 aromatic heterocycles. The van der Waals surface area contributed by atoms with Gasteiger partial charge in [-0.15, -0.1) is 0 Å². The Labute approximate surface area is 183 Å². The lowest BCUT2D eigenvalue weighted by molar-refractivity contribution is 1.37.